The first-order chi connectivity index (χ1) is 11.8. The molecule has 0 heterocycles. The summed E-state index contributed by atoms with van der Waals surface area (Å²) < 4.78 is 0. The second-order valence-electron chi connectivity index (χ2n) is 6.81. The molecule has 2 aromatic carbocycles. The summed E-state index contributed by atoms with van der Waals surface area (Å²) in [5.41, 5.74) is 2.32. The molecule has 24 heavy (non-hydrogen) atoms. The summed E-state index contributed by atoms with van der Waals surface area (Å²) in [5, 5.41) is 3.65. The van der Waals surface area contributed by atoms with Crippen LogP contribution < -0.4 is 5.32 Å². The van der Waals surface area contributed by atoms with Crippen LogP contribution in [0.3, 0.4) is 0 Å². The maximum atomic E-state index is 12.1. The van der Waals surface area contributed by atoms with E-state index in [1.54, 1.807) is 0 Å². The van der Waals surface area contributed by atoms with Crippen LogP contribution >= 0.6 is 0 Å². The van der Waals surface area contributed by atoms with Gasteiger partial charge in [-0.05, 0) is 50.1 Å². The van der Waals surface area contributed by atoms with Crippen molar-refractivity contribution in [2.45, 2.75) is 50.5 Å². The Hall–Kier alpha value is -1.93. The SMILES string of the molecule is O=C(CCCNC1CCC(c2ccccc2)CC1)c1ccccc1. The van der Waals surface area contributed by atoms with Gasteiger partial charge in [0.15, 0.2) is 5.78 Å². The second kappa shape index (κ2) is 8.79. The van der Waals surface area contributed by atoms with Gasteiger partial charge in [0.2, 0.25) is 0 Å². The number of rotatable bonds is 7. The van der Waals surface area contributed by atoms with E-state index in [0.717, 1.165) is 24.4 Å². The van der Waals surface area contributed by atoms with Gasteiger partial charge in [-0.15, -0.1) is 0 Å². The number of Topliss-reactive ketones (excluding diaryl/α,β-unsaturated/α-hetero) is 1. The third-order valence-electron chi connectivity index (χ3n) is 5.11. The Morgan fingerprint density at radius 3 is 2.17 bits per heavy atom. The largest absolute Gasteiger partial charge is 0.314 e. The molecule has 2 nitrogen and oxygen atoms in total. The molecule has 1 fully saturated rings. The number of nitrogens with one attached hydrogen (secondary N) is 1. The van der Waals surface area contributed by atoms with Gasteiger partial charge in [0.1, 0.15) is 0 Å². The van der Waals surface area contributed by atoms with Crippen molar-refractivity contribution in [2.24, 2.45) is 0 Å². The standard InChI is InChI=1S/C22H27NO/c24-22(20-10-5-2-6-11-20)12-7-17-23-21-15-13-19(14-16-21)18-8-3-1-4-9-18/h1-6,8-11,19,21,23H,7,12-17H2. The van der Waals surface area contributed by atoms with Gasteiger partial charge in [-0.3, -0.25) is 4.79 Å². The third-order valence-corrected chi connectivity index (χ3v) is 5.11. The lowest BCUT2D eigenvalue weighted by atomic mass is 9.82. The Balaban J connectivity index is 1.33. The van der Waals surface area contributed by atoms with Crippen molar-refractivity contribution in [3.63, 3.8) is 0 Å². The topological polar surface area (TPSA) is 29.1 Å². The first kappa shape index (κ1) is 16.9. The van der Waals surface area contributed by atoms with Gasteiger partial charge in [0, 0.05) is 18.0 Å². The van der Waals surface area contributed by atoms with Crippen LogP contribution in [0.5, 0.6) is 0 Å². The molecule has 126 valence electrons. The average molecular weight is 321 g/mol. The molecule has 1 aliphatic rings. The van der Waals surface area contributed by atoms with Gasteiger partial charge in [-0.25, -0.2) is 0 Å². The van der Waals surface area contributed by atoms with Gasteiger partial charge in [-0.1, -0.05) is 60.7 Å². The van der Waals surface area contributed by atoms with E-state index < -0.39 is 0 Å². The van der Waals surface area contributed by atoms with Crippen LogP contribution in [0.25, 0.3) is 0 Å². The number of ketones is 1. The molecule has 0 aliphatic heterocycles. The number of hydrogen-bond donors (Lipinski definition) is 1. The van der Waals surface area contributed by atoms with Crippen molar-refractivity contribution in [3.05, 3.63) is 71.8 Å². The summed E-state index contributed by atoms with van der Waals surface area (Å²) in [5.74, 6) is 0.981. The van der Waals surface area contributed by atoms with E-state index in [1.807, 2.05) is 30.3 Å². The van der Waals surface area contributed by atoms with E-state index in [9.17, 15) is 4.79 Å². The zero-order valence-corrected chi connectivity index (χ0v) is 14.3. The van der Waals surface area contributed by atoms with Gasteiger partial charge in [0.25, 0.3) is 0 Å². The van der Waals surface area contributed by atoms with Crippen LogP contribution in [-0.2, 0) is 0 Å². The first-order valence-corrected chi connectivity index (χ1v) is 9.19. The van der Waals surface area contributed by atoms with Crippen LogP contribution in [0.1, 0.15) is 60.4 Å². The van der Waals surface area contributed by atoms with Crippen LogP contribution in [0, 0.1) is 0 Å². The molecule has 0 saturated heterocycles. The van der Waals surface area contributed by atoms with Crippen molar-refractivity contribution >= 4 is 5.78 Å². The highest BCUT2D eigenvalue weighted by Gasteiger charge is 2.21. The van der Waals surface area contributed by atoms with E-state index in [-0.39, 0.29) is 5.78 Å². The molecule has 0 amide bonds. The normalized spacial score (nSPS) is 20.7. The highest BCUT2D eigenvalue weighted by atomic mass is 16.1. The van der Waals surface area contributed by atoms with Gasteiger partial charge in [-0.2, -0.15) is 0 Å². The molecule has 0 spiro atoms. The lowest BCUT2D eigenvalue weighted by molar-refractivity contribution is 0.0979. The predicted octanol–water partition coefficient (Wildman–Crippen LogP) is 4.97. The number of carbonyl (C=O) groups is 1. The van der Waals surface area contributed by atoms with Crippen LogP contribution in [0.2, 0.25) is 0 Å². The fraction of sp³-hybridized carbons (Fsp3) is 0.409. The minimum atomic E-state index is 0.255. The maximum Gasteiger partial charge on any atom is 0.162 e. The van der Waals surface area contributed by atoms with E-state index in [0.29, 0.717) is 12.5 Å². The average Bonchev–Trinajstić information content (AvgIpc) is 2.67. The zero-order chi connectivity index (χ0) is 16.6. The Kier molecular flexibility index (Phi) is 6.20. The molecule has 0 aromatic heterocycles. The van der Waals surface area contributed by atoms with Crippen molar-refractivity contribution in [1.82, 2.24) is 5.32 Å². The fourth-order valence-corrected chi connectivity index (χ4v) is 3.68. The number of carbonyl (C=O) groups excluding carboxylic acids is 1. The quantitative estimate of drug-likeness (QED) is 0.576. The second-order valence-corrected chi connectivity index (χ2v) is 6.81. The van der Waals surface area contributed by atoms with Crippen molar-refractivity contribution in [1.29, 1.82) is 0 Å². The smallest absolute Gasteiger partial charge is 0.162 e. The van der Waals surface area contributed by atoms with E-state index in [1.165, 1.54) is 31.2 Å². The number of benzene rings is 2. The summed E-state index contributed by atoms with van der Waals surface area (Å²) in [6.07, 6.45) is 6.58. The summed E-state index contributed by atoms with van der Waals surface area (Å²) >= 11 is 0. The van der Waals surface area contributed by atoms with Crippen molar-refractivity contribution < 1.29 is 4.79 Å². The molecule has 1 N–H and O–H groups in total. The highest BCUT2D eigenvalue weighted by molar-refractivity contribution is 5.95. The molecule has 3 rings (SSSR count). The fourth-order valence-electron chi connectivity index (χ4n) is 3.68. The molecule has 1 saturated carbocycles. The van der Waals surface area contributed by atoms with Crippen LogP contribution in [0.4, 0.5) is 0 Å². The lowest BCUT2D eigenvalue weighted by Gasteiger charge is -2.29. The minimum Gasteiger partial charge on any atom is -0.314 e. The Labute approximate surface area is 145 Å². The first-order valence-electron chi connectivity index (χ1n) is 9.19. The third kappa shape index (κ3) is 4.78. The van der Waals surface area contributed by atoms with E-state index in [2.05, 4.69) is 35.6 Å². The molecule has 0 atom stereocenters. The summed E-state index contributed by atoms with van der Waals surface area (Å²) in [6.45, 7) is 0.944. The van der Waals surface area contributed by atoms with Gasteiger partial charge >= 0.3 is 0 Å². The van der Waals surface area contributed by atoms with Crippen LogP contribution in [0.15, 0.2) is 60.7 Å². The molecule has 2 heteroatoms. The molecular formula is C22H27NO. The van der Waals surface area contributed by atoms with Crippen LogP contribution in [-0.4, -0.2) is 18.4 Å². The molecule has 0 radical (unpaired) electrons. The van der Waals surface area contributed by atoms with Crippen molar-refractivity contribution in [3.8, 4) is 0 Å². The lowest BCUT2D eigenvalue weighted by Crippen LogP contribution is -2.33. The summed E-state index contributed by atoms with van der Waals surface area (Å²) in [7, 11) is 0. The zero-order valence-electron chi connectivity index (χ0n) is 14.3. The molecular weight excluding hydrogens is 294 g/mol. The molecule has 2 aromatic rings. The van der Waals surface area contributed by atoms with Gasteiger partial charge < -0.3 is 5.32 Å². The molecule has 0 unspecified atom stereocenters. The minimum absolute atomic E-state index is 0.255. The van der Waals surface area contributed by atoms with E-state index in [4.69, 9.17) is 0 Å². The summed E-state index contributed by atoms with van der Waals surface area (Å²) in [4.78, 5) is 12.1. The molecule has 1 aliphatic carbocycles. The Morgan fingerprint density at radius 2 is 1.50 bits per heavy atom. The highest BCUT2D eigenvalue weighted by Crippen LogP contribution is 2.32. The predicted molar refractivity (Wildman–Crippen MR) is 99.4 cm³/mol. The maximum absolute atomic E-state index is 12.1. The van der Waals surface area contributed by atoms with E-state index >= 15 is 0 Å². The summed E-state index contributed by atoms with van der Waals surface area (Å²) in [6, 6.07) is 21.1. The monoisotopic (exact) mass is 321 g/mol. The van der Waals surface area contributed by atoms with Gasteiger partial charge in [0.05, 0.1) is 0 Å². The number of hydrogen-bond acceptors (Lipinski definition) is 2. The Morgan fingerprint density at radius 1 is 0.875 bits per heavy atom. The molecule has 0 bridgehead atoms. The Bertz CT molecular complexity index is 615. The van der Waals surface area contributed by atoms with Crippen molar-refractivity contribution in [2.75, 3.05) is 6.54 Å².